The molecule has 2 rings (SSSR count). The highest BCUT2D eigenvalue weighted by Gasteiger charge is 1.97. The molecule has 0 bridgehead atoms. The highest BCUT2D eigenvalue weighted by molar-refractivity contribution is 9.08. The Bertz CT molecular complexity index is 567. The molecule has 0 amide bonds. The third-order valence-corrected chi connectivity index (χ3v) is 3.37. The van der Waals surface area contributed by atoms with Crippen molar-refractivity contribution in [1.82, 2.24) is 0 Å². The molecule has 0 unspecified atom stereocenters. The van der Waals surface area contributed by atoms with Crippen LogP contribution in [0.2, 0.25) is 0 Å². The van der Waals surface area contributed by atoms with Gasteiger partial charge in [-0.25, -0.2) is 0 Å². The lowest BCUT2D eigenvalue weighted by Crippen LogP contribution is -1.98. The van der Waals surface area contributed by atoms with Crippen molar-refractivity contribution in [1.29, 1.82) is 0 Å². The maximum Gasteiger partial charge on any atom is 0.144 e. The first-order valence-corrected chi connectivity index (χ1v) is 7.39. The van der Waals surface area contributed by atoms with Gasteiger partial charge in [0.25, 0.3) is 0 Å². The minimum atomic E-state index is 0.422. The van der Waals surface area contributed by atoms with Crippen molar-refractivity contribution in [3.63, 3.8) is 0 Å². The minimum Gasteiger partial charge on any atom is -0.494 e. The fraction of sp³-hybridized carbons (Fsp3) is 0.188. The van der Waals surface area contributed by atoms with Gasteiger partial charge in [-0.2, -0.15) is 0 Å². The van der Waals surface area contributed by atoms with Crippen molar-refractivity contribution in [2.45, 2.75) is 5.33 Å². The third-order valence-electron chi connectivity index (χ3n) is 2.72. The summed E-state index contributed by atoms with van der Waals surface area (Å²) >= 11 is 3.41. The number of para-hydroxylation sites is 2. The zero-order valence-corrected chi connectivity index (χ0v) is 12.8. The first-order valence-electron chi connectivity index (χ1n) is 6.26. The first-order chi connectivity index (χ1) is 9.83. The van der Waals surface area contributed by atoms with Crippen molar-refractivity contribution in [3.05, 3.63) is 54.1 Å². The van der Waals surface area contributed by atoms with Gasteiger partial charge in [-0.3, -0.25) is 4.99 Å². The van der Waals surface area contributed by atoms with Gasteiger partial charge < -0.3 is 9.47 Å². The Labute approximate surface area is 127 Å². The highest BCUT2D eigenvalue weighted by Crippen LogP contribution is 2.25. The Hall–Kier alpha value is -1.81. The van der Waals surface area contributed by atoms with E-state index < -0.39 is 0 Å². The van der Waals surface area contributed by atoms with Crippen LogP contribution in [0.5, 0.6) is 11.5 Å². The van der Waals surface area contributed by atoms with Gasteiger partial charge in [0.15, 0.2) is 0 Å². The summed E-state index contributed by atoms with van der Waals surface area (Å²) in [6, 6.07) is 15.6. The number of alkyl halides is 1. The Kier molecular flexibility index (Phi) is 5.62. The average molecular weight is 334 g/mol. The van der Waals surface area contributed by atoms with Crippen molar-refractivity contribution in [2.75, 3.05) is 13.7 Å². The molecular weight excluding hydrogens is 318 g/mol. The molecule has 0 aliphatic rings. The predicted octanol–water partition coefficient (Wildman–Crippen LogP) is 4.37. The quantitative estimate of drug-likeness (QED) is 0.580. The normalized spacial score (nSPS) is 10.7. The Morgan fingerprint density at radius 1 is 1.10 bits per heavy atom. The van der Waals surface area contributed by atoms with Gasteiger partial charge in [0.1, 0.15) is 23.8 Å². The van der Waals surface area contributed by atoms with Gasteiger partial charge in [0.2, 0.25) is 0 Å². The molecule has 2 aromatic carbocycles. The fourth-order valence-electron chi connectivity index (χ4n) is 1.68. The SMILES string of the molecule is COc1ccccc1N=CCOc1ccc(CBr)cc1. The molecule has 0 fully saturated rings. The van der Waals surface area contributed by atoms with E-state index in [4.69, 9.17) is 9.47 Å². The number of benzene rings is 2. The second kappa shape index (κ2) is 7.70. The molecule has 0 aromatic heterocycles. The number of halogens is 1. The predicted molar refractivity (Wildman–Crippen MR) is 85.7 cm³/mol. The lowest BCUT2D eigenvalue weighted by molar-refractivity contribution is 0.380. The molecular formula is C16H16BrNO2. The molecule has 2 aromatic rings. The Morgan fingerprint density at radius 3 is 2.55 bits per heavy atom. The zero-order valence-electron chi connectivity index (χ0n) is 11.3. The van der Waals surface area contributed by atoms with Crippen LogP contribution in [-0.4, -0.2) is 19.9 Å². The number of rotatable bonds is 6. The maximum absolute atomic E-state index is 5.60. The standard InChI is InChI=1S/C16H16BrNO2/c1-19-16-5-3-2-4-15(16)18-10-11-20-14-8-6-13(12-17)7-9-14/h2-10H,11-12H2,1H3. The van der Waals surface area contributed by atoms with Crippen LogP contribution < -0.4 is 9.47 Å². The van der Waals surface area contributed by atoms with Gasteiger partial charge >= 0.3 is 0 Å². The monoisotopic (exact) mass is 333 g/mol. The van der Waals surface area contributed by atoms with Crippen LogP contribution in [0, 0.1) is 0 Å². The van der Waals surface area contributed by atoms with Gasteiger partial charge in [0, 0.05) is 11.5 Å². The fourth-order valence-corrected chi connectivity index (χ4v) is 2.05. The molecule has 0 radical (unpaired) electrons. The summed E-state index contributed by atoms with van der Waals surface area (Å²) in [6.45, 7) is 0.422. The summed E-state index contributed by atoms with van der Waals surface area (Å²) in [4.78, 5) is 4.34. The zero-order chi connectivity index (χ0) is 14.2. The number of ether oxygens (including phenoxy) is 2. The largest absolute Gasteiger partial charge is 0.494 e. The number of hydrogen-bond donors (Lipinski definition) is 0. The van der Waals surface area contributed by atoms with E-state index in [0.29, 0.717) is 6.61 Å². The van der Waals surface area contributed by atoms with Crippen LogP contribution in [0.3, 0.4) is 0 Å². The van der Waals surface area contributed by atoms with Crippen LogP contribution in [0.1, 0.15) is 5.56 Å². The van der Waals surface area contributed by atoms with Gasteiger partial charge in [-0.05, 0) is 29.8 Å². The molecule has 20 heavy (non-hydrogen) atoms. The maximum atomic E-state index is 5.60. The molecule has 4 heteroatoms. The number of nitrogens with zero attached hydrogens (tertiary/aromatic N) is 1. The summed E-state index contributed by atoms with van der Waals surface area (Å²) in [5.41, 5.74) is 2.02. The summed E-state index contributed by atoms with van der Waals surface area (Å²) in [7, 11) is 1.64. The van der Waals surface area contributed by atoms with Crippen molar-refractivity contribution in [3.8, 4) is 11.5 Å². The third kappa shape index (κ3) is 4.10. The second-order valence-corrected chi connectivity index (χ2v) is 4.63. The smallest absolute Gasteiger partial charge is 0.144 e. The lowest BCUT2D eigenvalue weighted by atomic mass is 10.2. The van der Waals surface area contributed by atoms with Crippen LogP contribution in [0.25, 0.3) is 0 Å². The minimum absolute atomic E-state index is 0.422. The van der Waals surface area contributed by atoms with Crippen LogP contribution in [0.4, 0.5) is 5.69 Å². The van der Waals surface area contributed by atoms with Gasteiger partial charge in [0.05, 0.1) is 7.11 Å². The van der Waals surface area contributed by atoms with E-state index in [9.17, 15) is 0 Å². The molecule has 0 saturated heterocycles. The molecule has 0 aliphatic heterocycles. The second-order valence-electron chi connectivity index (χ2n) is 4.07. The van der Waals surface area contributed by atoms with E-state index in [-0.39, 0.29) is 0 Å². The topological polar surface area (TPSA) is 30.8 Å². The van der Waals surface area contributed by atoms with Crippen LogP contribution in [0.15, 0.2) is 53.5 Å². The summed E-state index contributed by atoms with van der Waals surface area (Å²) in [5, 5.41) is 0.850. The molecule has 104 valence electrons. The van der Waals surface area contributed by atoms with Crippen molar-refractivity contribution < 1.29 is 9.47 Å². The van der Waals surface area contributed by atoms with Gasteiger partial charge in [-0.15, -0.1) is 0 Å². The molecule has 0 N–H and O–H groups in total. The highest BCUT2D eigenvalue weighted by atomic mass is 79.9. The van der Waals surface area contributed by atoms with Crippen molar-refractivity contribution >= 4 is 27.8 Å². The number of hydrogen-bond acceptors (Lipinski definition) is 3. The summed E-state index contributed by atoms with van der Waals surface area (Å²) in [5.74, 6) is 1.59. The van der Waals surface area contributed by atoms with E-state index in [0.717, 1.165) is 22.5 Å². The van der Waals surface area contributed by atoms with E-state index >= 15 is 0 Å². The molecule has 0 heterocycles. The van der Waals surface area contributed by atoms with E-state index in [1.165, 1.54) is 5.56 Å². The summed E-state index contributed by atoms with van der Waals surface area (Å²) in [6.07, 6.45) is 1.73. The van der Waals surface area contributed by atoms with E-state index in [1.807, 2.05) is 48.5 Å². The summed E-state index contributed by atoms with van der Waals surface area (Å²) < 4.78 is 10.8. The van der Waals surface area contributed by atoms with E-state index in [1.54, 1.807) is 13.3 Å². The molecule has 0 aliphatic carbocycles. The molecule has 0 spiro atoms. The van der Waals surface area contributed by atoms with E-state index in [2.05, 4.69) is 20.9 Å². The molecule has 0 saturated carbocycles. The Morgan fingerprint density at radius 2 is 1.85 bits per heavy atom. The number of aliphatic imine (C=N–C) groups is 1. The first kappa shape index (κ1) is 14.6. The van der Waals surface area contributed by atoms with Gasteiger partial charge in [-0.1, -0.05) is 40.2 Å². The van der Waals surface area contributed by atoms with Crippen molar-refractivity contribution in [2.24, 2.45) is 4.99 Å². The Balaban J connectivity index is 1.90. The lowest BCUT2D eigenvalue weighted by Gasteiger charge is -2.04. The van der Waals surface area contributed by atoms with Crippen LogP contribution >= 0.6 is 15.9 Å². The number of methoxy groups -OCH3 is 1. The average Bonchev–Trinajstić information content (AvgIpc) is 2.52. The molecule has 0 atom stereocenters. The molecule has 3 nitrogen and oxygen atoms in total. The van der Waals surface area contributed by atoms with Crippen LogP contribution in [-0.2, 0) is 5.33 Å².